The van der Waals surface area contributed by atoms with Gasteiger partial charge in [0.15, 0.2) is 5.16 Å². The molecule has 7 nitrogen and oxygen atoms in total. The van der Waals surface area contributed by atoms with Crippen LogP contribution in [0.15, 0.2) is 53.0 Å². The van der Waals surface area contributed by atoms with Crippen molar-refractivity contribution < 1.29 is 9.59 Å². The summed E-state index contributed by atoms with van der Waals surface area (Å²) in [6.07, 6.45) is 0.683. The highest BCUT2D eigenvalue weighted by atomic mass is 32.2. The number of nitrogens with one attached hydrogen (secondary N) is 2. The molecule has 2 aromatic heterocycles. The minimum Gasteiger partial charge on any atom is -0.341 e. The Morgan fingerprint density at radius 1 is 1.19 bits per heavy atom. The van der Waals surface area contributed by atoms with Crippen LogP contribution in [0.4, 0.5) is 4.79 Å². The van der Waals surface area contributed by atoms with Crippen molar-refractivity contribution in [3.8, 4) is 0 Å². The summed E-state index contributed by atoms with van der Waals surface area (Å²) in [4.78, 5) is 25.4. The van der Waals surface area contributed by atoms with E-state index in [2.05, 4.69) is 26.9 Å². The maximum Gasteiger partial charge on any atom is 0.321 e. The molecular weight excluding hydrogens is 382 g/mol. The Morgan fingerprint density at radius 2 is 1.96 bits per heavy atom. The van der Waals surface area contributed by atoms with Crippen LogP contribution in [0.5, 0.6) is 0 Å². The molecular formula is C18H19N5O2S2. The summed E-state index contributed by atoms with van der Waals surface area (Å²) in [5, 5.41) is 15.3. The van der Waals surface area contributed by atoms with Crippen molar-refractivity contribution >= 4 is 35.0 Å². The van der Waals surface area contributed by atoms with Gasteiger partial charge in [0.2, 0.25) is 5.91 Å². The molecule has 0 bridgehead atoms. The third kappa shape index (κ3) is 4.75. The number of thioether (sulfide) groups is 1. The number of rotatable bonds is 6. The van der Waals surface area contributed by atoms with Crippen LogP contribution < -0.4 is 10.6 Å². The smallest absolute Gasteiger partial charge is 0.321 e. The van der Waals surface area contributed by atoms with E-state index in [0.717, 1.165) is 11.4 Å². The third-order valence-electron chi connectivity index (χ3n) is 3.87. The maximum absolute atomic E-state index is 12.6. The van der Waals surface area contributed by atoms with Gasteiger partial charge < -0.3 is 9.88 Å². The van der Waals surface area contributed by atoms with E-state index in [-0.39, 0.29) is 0 Å². The zero-order chi connectivity index (χ0) is 19.2. The first-order chi connectivity index (χ1) is 13.1. The number of hydrogen-bond donors (Lipinski definition) is 2. The molecule has 0 aliphatic rings. The van der Waals surface area contributed by atoms with Crippen molar-refractivity contribution in [1.82, 2.24) is 25.4 Å². The number of hydrogen-bond acceptors (Lipinski definition) is 6. The number of amides is 3. The van der Waals surface area contributed by atoms with E-state index in [1.165, 1.54) is 23.7 Å². The van der Waals surface area contributed by atoms with Gasteiger partial charge in [0.05, 0.1) is 0 Å². The first-order valence-electron chi connectivity index (χ1n) is 8.23. The van der Waals surface area contributed by atoms with Gasteiger partial charge in [-0.3, -0.25) is 10.1 Å². The van der Waals surface area contributed by atoms with Gasteiger partial charge in [-0.05, 0) is 17.0 Å². The molecule has 1 atom stereocenters. The Labute approximate surface area is 165 Å². The highest BCUT2D eigenvalue weighted by Gasteiger charge is 2.26. The van der Waals surface area contributed by atoms with Gasteiger partial charge in [-0.1, -0.05) is 48.2 Å². The first-order valence-corrected chi connectivity index (χ1v) is 9.99. The van der Waals surface area contributed by atoms with Crippen molar-refractivity contribution in [3.63, 3.8) is 0 Å². The maximum atomic E-state index is 12.6. The number of thiophene rings is 1. The van der Waals surface area contributed by atoms with Crippen molar-refractivity contribution in [2.24, 2.45) is 7.05 Å². The van der Waals surface area contributed by atoms with Crippen LogP contribution in [0.3, 0.4) is 0 Å². The fourth-order valence-electron chi connectivity index (χ4n) is 2.42. The minimum absolute atomic E-state index is 0.409. The molecule has 27 heavy (non-hydrogen) atoms. The Balaban J connectivity index is 1.83. The van der Waals surface area contributed by atoms with Crippen LogP contribution in [-0.4, -0.2) is 33.8 Å². The van der Waals surface area contributed by atoms with Crippen molar-refractivity contribution in [2.45, 2.75) is 16.8 Å². The molecule has 0 saturated heterocycles. The lowest BCUT2D eigenvalue weighted by Gasteiger charge is -2.15. The number of imide groups is 1. The fourth-order valence-corrected chi connectivity index (χ4v) is 4.14. The van der Waals surface area contributed by atoms with E-state index in [1.54, 1.807) is 11.3 Å². The predicted octanol–water partition coefficient (Wildman–Crippen LogP) is 2.76. The molecule has 0 fully saturated rings. The second kappa shape index (κ2) is 8.83. The number of carbonyl (C=O) groups excluding carboxylic acids is 2. The van der Waals surface area contributed by atoms with Crippen molar-refractivity contribution in [3.05, 3.63) is 64.1 Å². The Hall–Kier alpha value is -2.65. The van der Waals surface area contributed by atoms with Gasteiger partial charge in [0, 0.05) is 25.4 Å². The molecule has 9 heteroatoms. The van der Waals surface area contributed by atoms with Crippen LogP contribution in [-0.2, 0) is 18.3 Å². The lowest BCUT2D eigenvalue weighted by molar-refractivity contribution is -0.119. The average Bonchev–Trinajstić information content (AvgIpc) is 3.31. The zero-order valence-electron chi connectivity index (χ0n) is 14.9. The van der Waals surface area contributed by atoms with E-state index >= 15 is 0 Å². The molecule has 0 radical (unpaired) electrons. The van der Waals surface area contributed by atoms with E-state index in [1.807, 2.05) is 53.4 Å². The van der Waals surface area contributed by atoms with Crippen molar-refractivity contribution in [2.75, 3.05) is 7.05 Å². The fraction of sp³-hybridized carbons (Fsp3) is 0.222. The first kappa shape index (κ1) is 19.1. The number of urea groups is 1. The Kier molecular flexibility index (Phi) is 6.25. The monoisotopic (exact) mass is 401 g/mol. The van der Waals surface area contributed by atoms with Crippen LogP contribution >= 0.6 is 23.1 Å². The molecule has 1 aromatic carbocycles. The van der Waals surface area contributed by atoms with Gasteiger partial charge >= 0.3 is 6.03 Å². The van der Waals surface area contributed by atoms with Crippen LogP contribution in [0.1, 0.15) is 21.5 Å². The topological polar surface area (TPSA) is 88.9 Å². The summed E-state index contributed by atoms with van der Waals surface area (Å²) < 4.78 is 1.88. The molecule has 3 aromatic rings. The van der Waals surface area contributed by atoms with Gasteiger partial charge in [-0.2, -0.15) is 0 Å². The summed E-state index contributed by atoms with van der Waals surface area (Å²) in [5.41, 5.74) is 0.784. The largest absolute Gasteiger partial charge is 0.341 e. The lowest BCUT2D eigenvalue weighted by atomic mass is 10.1. The summed E-state index contributed by atoms with van der Waals surface area (Å²) in [7, 11) is 3.34. The molecule has 3 rings (SSSR count). The van der Waals surface area contributed by atoms with Gasteiger partial charge in [0.1, 0.15) is 11.1 Å². The molecule has 0 aliphatic heterocycles. The molecule has 0 spiro atoms. The number of aromatic nitrogens is 3. The summed E-state index contributed by atoms with van der Waals surface area (Å²) >= 11 is 2.93. The van der Waals surface area contributed by atoms with E-state index in [9.17, 15) is 9.59 Å². The Morgan fingerprint density at radius 3 is 2.63 bits per heavy atom. The van der Waals surface area contributed by atoms with Gasteiger partial charge in [0.25, 0.3) is 0 Å². The zero-order valence-corrected chi connectivity index (χ0v) is 16.5. The molecule has 140 valence electrons. The Bertz CT molecular complexity index is 909. The third-order valence-corrected chi connectivity index (χ3v) is 6.03. The second-order valence-electron chi connectivity index (χ2n) is 5.69. The van der Waals surface area contributed by atoms with E-state index < -0.39 is 17.2 Å². The molecule has 0 saturated carbocycles. The molecule has 0 aliphatic carbocycles. The summed E-state index contributed by atoms with van der Waals surface area (Å²) in [6.45, 7) is 0. The lowest BCUT2D eigenvalue weighted by Crippen LogP contribution is -2.39. The van der Waals surface area contributed by atoms with Crippen LogP contribution in [0.2, 0.25) is 0 Å². The number of carbonyl (C=O) groups is 2. The van der Waals surface area contributed by atoms with Crippen LogP contribution in [0.25, 0.3) is 0 Å². The van der Waals surface area contributed by atoms with Crippen LogP contribution in [0, 0.1) is 0 Å². The number of nitrogens with zero attached hydrogens (tertiary/aromatic N) is 3. The normalized spacial score (nSPS) is 11.8. The minimum atomic E-state index is -0.624. The average molecular weight is 402 g/mol. The van der Waals surface area contributed by atoms with E-state index in [0.29, 0.717) is 11.6 Å². The second-order valence-corrected chi connectivity index (χ2v) is 7.80. The molecule has 3 amide bonds. The van der Waals surface area contributed by atoms with Gasteiger partial charge in [-0.25, -0.2) is 4.79 Å². The standard InChI is InChI=1S/C18H19N5O2S2/c1-19-17(25)20-16(24)15(12-7-4-3-5-8-12)27-18-22-21-14(23(18)2)11-13-9-6-10-26-13/h3-10,15H,11H2,1-2H3,(H2,19,20,24,25)/t15-/m0/s1. The molecule has 0 unspecified atom stereocenters. The molecule has 2 N–H and O–H groups in total. The highest BCUT2D eigenvalue weighted by Crippen LogP contribution is 2.34. The van der Waals surface area contributed by atoms with E-state index in [4.69, 9.17) is 0 Å². The van der Waals surface area contributed by atoms with Crippen molar-refractivity contribution in [1.29, 1.82) is 0 Å². The number of benzene rings is 1. The highest BCUT2D eigenvalue weighted by molar-refractivity contribution is 8.00. The molecule has 2 heterocycles. The quantitative estimate of drug-likeness (QED) is 0.620. The predicted molar refractivity (Wildman–Crippen MR) is 106 cm³/mol. The SMILES string of the molecule is CNC(=O)NC(=O)[C@@H](Sc1nnc(Cc2cccs2)n1C)c1ccccc1. The summed E-state index contributed by atoms with van der Waals surface area (Å²) in [6, 6.07) is 12.8. The van der Waals surface area contributed by atoms with Gasteiger partial charge in [-0.15, -0.1) is 21.5 Å². The summed E-state index contributed by atoms with van der Waals surface area (Å²) in [5.74, 6) is 0.409.